The van der Waals surface area contributed by atoms with Crippen LogP contribution in [0.1, 0.15) is 29.5 Å². The predicted molar refractivity (Wildman–Crippen MR) is 111 cm³/mol. The fourth-order valence-electron chi connectivity index (χ4n) is 3.90. The quantitative estimate of drug-likeness (QED) is 0.654. The smallest absolute Gasteiger partial charge is 0.408 e. The van der Waals surface area contributed by atoms with Crippen molar-refractivity contribution in [1.29, 1.82) is 0 Å². The minimum absolute atomic E-state index is 0.0135. The number of amides is 1. The van der Waals surface area contributed by atoms with E-state index in [0.717, 1.165) is 27.8 Å². The van der Waals surface area contributed by atoms with Gasteiger partial charge in [0.15, 0.2) is 5.54 Å². The van der Waals surface area contributed by atoms with E-state index < -0.39 is 17.6 Å². The number of carbonyl (C=O) groups is 2. The number of carbonyl (C=O) groups excluding carboxylic acids is 1. The van der Waals surface area contributed by atoms with Crippen molar-refractivity contribution in [3.63, 3.8) is 0 Å². The minimum Gasteiger partial charge on any atom is -0.479 e. The molecule has 1 amide bonds. The Bertz CT molecular complexity index is 1060. The van der Waals surface area contributed by atoms with Crippen LogP contribution in [0, 0.1) is 6.92 Å². The molecule has 1 aliphatic rings. The van der Waals surface area contributed by atoms with E-state index in [9.17, 15) is 14.7 Å². The Kier molecular flexibility index (Phi) is 5.03. The summed E-state index contributed by atoms with van der Waals surface area (Å²) in [5.74, 6) is -1.25. The highest BCUT2D eigenvalue weighted by atomic mass is 16.5. The maximum absolute atomic E-state index is 12.5. The molecule has 2 aromatic carbocycles. The Labute approximate surface area is 174 Å². The van der Waals surface area contributed by atoms with E-state index >= 15 is 0 Å². The lowest BCUT2D eigenvalue weighted by molar-refractivity contribution is -0.144. The average molecular weight is 405 g/mol. The van der Waals surface area contributed by atoms with Gasteiger partial charge in [-0.15, -0.1) is 0 Å². The minimum atomic E-state index is -1.55. The van der Waals surface area contributed by atoms with E-state index in [1.54, 1.807) is 12.4 Å². The maximum Gasteiger partial charge on any atom is 0.408 e. The summed E-state index contributed by atoms with van der Waals surface area (Å²) in [4.78, 5) is 24.4. The fourth-order valence-corrected chi connectivity index (χ4v) is 3.90. The van der Waals surface area contributed by atoms with Crippen LogP contribution in [-0.4, -0.2) is 39.1 Å². The average Bonchev–Trinajstić information content (AvgIpc) is 3.27. The highest BCUT2D eigenvalue weighted by molar-refractivity contribution is 5.84. The lowest BCUT2D eigenvalue weighted by atomic mass is 9.98. The molecule has 0 spiro atoms. The zero-order valence-electron chi connectivity index (χ0n) is 16.8. The van der Waals surface area contributed by atoms with Crippen LogP contribution in [0.5, 0.6) is 0 Å². The van der Waals surface area contributed by atoms with Gasteiger partial charge in [-0.2, -0.15) is 5.10 Å². The molecule has 30 heavy (non-hydrogen) atoms. The number of fused-ring (bicyclic) bond motifs is 3. The number of benzene rings is 2. The van der Waals surface area contributed by atoms with Gasteiger partial charge in [0, 0.05) is 12.1 Å². The maximum atomic E-state index is 12.5. The van der Waals surface area contributed by atoms with Crippen molar-refractivity contribution in [2.75, 3.05) is 6.61 Å². The summed E-state index contributed by atoms with van der Waals surface area (Å²) in [7, 11) is 0. The Hall–Kier alpha value is -3.61. The molecule has 1 unspecified atom stereocenters. The van der Waals surface area contributed by atoms with Crippen LogP contribution in [0.2, 0.25) is 0 Å². The first kappa shape index (κ1) is 19.7. The number of alkyl carbamates (subject to hydrolysis) is 1. The normalized spacial score (nSPS) is 14.5. The van der Waals surface area contributed by atoms with Crippen LogP contribution in [0.25, 0.3) is 11.1 Å². The van der Waals surface area contributed by atoms with Gasteiger partial charge in [0.25, 0.3) is 0 Å². The molecule has 7 heteroatoms. The Balaban J connectivity index is 1.47. The highest BCUT2D eigenvalue weighted by Gasteiger charge is 2.37. The second kappa shape index (κ2) is 7.67. The molecular weight excluding hydrogens is 382 g/mol. The summed E-state index contributed by atoms with van der Waals surface area (Å²) in [6.45, 7) is 3.41. The molecule has 1 atom stereocenters. The number of hydrogen-bond acceptors (Lipinski definition) is 4. The van der Waals surface area contributed by atoms with Gasteiger partial charge in [-0.1, -0.05) is 48.5 Å². The molecule has 0 saturated heterocycles. The van der Waals surface area contributed by atoms with Gasteiger partial charge in [0.2, 0.25) is 0 Å². The summed E-state index contributed by atoms with van der Waals surface area (Å²) in [6, 6.07) is 16.1. The molecule has 2 N–H and O–H groups in total. The van der Waals surface area contributed by atoms with Crippen LogP contribution < -0.4 is 5.32 Å². The van der Waals surface area contributed by atoms with Crippen molar-refractivity contribution in [2.45, 2.75) is 31.8 Å². The van der Waals surface area contributed by atoms with E-state index in [1.165, 1.54) is 11.6 Å². The van der Waals surface area contributed by atoms with E-state index in [1.807, 2.05) is 43.3 Å². The lowest BCUT2D eigenvalue weighted by Crippen LogP contribution is -2.55. The number of nitrogens with one attached hydrogen (secondary N) is 1. The van der Waals surface area contributed by atoms with Gasteiger partial charge < -0.3 is 15.2 Å². The molecule has 4 rings (SSSR count). The van der Waals surface area contributed by atoms with Gasteiger partial charge >= 0.3 is 12.1 Å². The first-order chi connectivity index (χ1) is 14.4. The topological polar surface area (TPSA) is 93.5 Å². The second-order valence-corrected chi connectivity index (χ2v) is 7.80. The molecular formula is C23H23N3O4. The number of ether oxygens (including phenoxy) is 1. The zero-order valence-corrected chi connectivity index (χ0v) is 16.8. The zero-order chi connectivity index (χ0) is 21.3. The van der Waals surface area contributed by atoms with Crippen molar-refractivity contribution in [2.24, 2.45) is 0 Å². The number of carboxylic acid groups (broad SMARTS) is 1. The predicted octanol–water partition coefficient (Wildman–Crippen LogP) is 3.57. The van der Waals surface area contributed by atoms with Gasteiger partial charge in [-0.3, -0.25) is 4.68 Å². The molecule has 0 radical (unpaired) electrons. The van der Waals surface area contributed by atoms with Gasteiger partial charge in [0.1, 0.15) is 6.61 Å². The Morgan fingerprint density at radius 2 is 1.73 bits per heavy atom. The summed E-state index contributed by atoms with van der Waals surface area (Å²) < 4.78 is 6.98. The van der Waals surface area contributed by atoms with E-state index in [2.05, 4.69) is 22.5 Å². The second-order valence-electron chi connectivity index (χ2n) is 7.80. The molecule has 0 saturated carbocycles. The molecule has 0 aliphatic heterocycles. The van der Waals surface area contributed by atoms with Crippen molar-refractivity contribution in [3.05, 3.63) is 77.6 Å². The van der Waals surface area contributed by atoms with Gasteiger partial charge in [-0.05, 0) is 41.7 Å². The molecule has 1 aliphatic carbocycles. The van der Waals surface area contributed by atoms with Gasteiger partial charge in [0.05, 0.1) is 12.7 Å². The van der Waals surface area contributed by atoms with E-state index in [0.29, 0.717) is 0 Å². The molecule has 154 valence electrons. The number of rotatable bonds is 6. The standard InChI is InChI=1S/C23H23N3O4/c1-15-11-24-26(12-15)14-23(2,21(27)28)25-22(29)30-13-20-18-9-5-3-7-16(18)17-8-4-6-10-19(17)20/h3-12,20H,13-14H2,1-2H3,(H,25,29)(H,27,28). The molecule has 0 bridgehead atoms. The summed E-state index contributed by atoms with van der Waals surface area (Å²) in [6.07, 6.45) is 2.58. The highest BCUT2D eigenvalue weighted by Crippen LogP contribution is 2.44. The first-order valence-corrected chi connectivity index (χ1v) is 9.73. The largest absolute Gasteiger partial charge is 0.479 e. The van der Waals surface area contributed by atoms with E-state index in [-0.39, 0.29) is 19.1 Å². The summed E-state index contributed by atoms with van der Waals surface area (Å²) >= 11 is 0. The van der Waals surface area contributed by atoms with Gasteiger partial charge in [-0.25, -0.2) is 9.59 Å². The number of carboxylic acids is 1. The number of aromatic nitrogens is 2. The molecule has 1 aromatic heterocycles. The van der Waals surface area contributed by atoms with Crippen LogP contribution in [0.4, 0.5) is 4.79 Å². The molecule has 7 nitrogen and oxygen atoms in total. The molecule has 1 heterocycles. The SMILES string of the molecule is Cc1cnn(CC(C)(NC(=O)OCC2c3ccccc3-c3ccccc32)C(=O)O)c1. The Morgan fingerprint density at radius 1 is 1.13 bits per heavy atom. The summed E-state index contributed by atoms with van der Waals surface area (Å²) in [5, 5.41) is 16.3. The molecule has 3 aromatic rings. The third-order valence-electron chi connectivity index (χ3n) is 5.43. The number of aryl methyl sites for hydroxylation is 1. The van der Waals surface area contributed by atoms with Crippen LogP contribution >= 0.6 is 0 Å². The first-order valence-electron chi connectivity index (χ1n) is 9.73. The number of hydrogen-bond donors (Lipinski definition) is 2. The third kappa shape index (κ3) is 3.66. The summed E-state index contributed by atoms with van der Waals surface area (Å²) in [5.41, 5.74) is 3.81. The van der Waals surface area contributed by atoms with Crippen molar-refractivity contribution in [1.82, 2.24) is 15.1 Å². The Morgan fingerprint density at radius 3 is 2.27 bits per heavy atom. The van der Waals surface area contributed by atoms with Crippen LogP contribution in [-0.2, 0) is 16.1 Å². The van der Waals surface area contributed by atoms with Crippen LogP contribution in [0.15, 0.2) is 60.9 Å². The van der Waals surface area contributed by atoms with Crippen molar-refractivity contribution >= 4 is 12.1 Å². The fraction of sp³-hybridized carbons (Fsp3) is 0.261. The van der Waals surface area contributed by atoms with Crippen molar-refractivity contribution < 1.29 is 19.4 Å². The van der Waals surface area contributed by atoms with E-state index in [4.69, 9.17) is 4.74 Å². The van der Waals surface area contributed by atoms with Crippen LogP contribution in [0.3, 0.4) is 0 Å². The third-order valence-corrected chi connectivity index (χ3v) is 5.43. The number of nitrogens with zero attached hydrogens (tertiary/aromatic N) is 2. The lowest BCUT2D eigenvalue weighted by Gasteiger charge is -2.26. The monoisotopic (exact) mass is 405 g/mol. The number of aliphatic carboxylic acids is 1. The van der Waals surface area contributed by atoms with Crippen molar-refractivity contribution in [3.8, 4) is 11.1 Å². The molecule has 0 fully saturated rings.